The zero-order valence-electron chi connectivity index (χ0n) is 14.3. The van der Waals surface area contributed by atoms with Gasteiger partial charge in [0.25, 0.3) is 5.91 Å². The molecule has 27 heavy (non-hydrogen) atoms. The van der Waals surface area contributed by atoms with E-state index in [2.05, 4.69) is 10.1 Å². The molecule has 1 heterocycles. The number of rotatable bonds is 6. The number of carbonyl (C=O) groups is 1. The lowest BCUT2D eigenvalue weighted by Crippen LogP contribution is -2.19. The number of hydrogen-bond donors (Lipinski definition) is 1. The molecule has 1 N–H and O–H groups in total. The van der Waals surface area contributed by atoms with Gasteiger partial charge in [-0.3, -0.25) is 4.79 Å². The molecule has 2 aromatic carbocycles. The molecular weight excluding hydrogens is 363 g/mol. The molecule has 1 amide bonds. The summed E-state index contributed by atoms with van der Waals surface area (Å²) in [7, 11) is 0. The number of para-hydroxylation sites is 2. The fourth-order valence-corrected chi connectivity index (χ4v) is 2.67. The fourth-order valence-electron chi connectivity index (χ4n) is 2.67. The van der Waals surface area contributed by atoms with Crippen LogP contribution in [0.15, 0.2) is 48.5 Å². The topological polar surface area (TPSA) is 56.8 Å². The van der Waals surface area contributed by atoms with Gasteiger partial charge in [0.05, 0.1) is 11.8 Å². The van der Waals surface area contributed by atoms with Crippen molar-refractivity contribution in [3.63, 3.8) is 0 Å². The Morgan fingerprint density at radius 2 is 2.00 bits per heavy atom. The minimum atomic E-state index is -4.85. The van der Waals surface area contributed by atoms with Crippen LogP contribution < -0.4 is 14.8 Å². The summed E-state index contributed by atoms with van der Waals surface area (Å²) in [5.41, 5.74) is 0.173. The van der Waals surface area contributed by atoms with Crippen molar-refractivity contribution in [3.05, 3.63) is 54.1 Å². The van der Waals surface area contributed by atoms with Crippen LogP contribution in [0.25, 0.3) is 0 Å². The van der Waals surface area contributed by atoms with E-state index in [0.29, 0.717) is 12.4 Å². The van der Waals surface area contributed by atoms with Crippen molar-refractivity contribution >= 4 is 11.6 Å². The fraction of sp³-hybridized carbons (Fsp3) is 0.316. The van der Waals surface area contributed by atoms with Crippen LogP contribution in [0.4, 0.5) is 18.9 Å². The second kappa shape index (κ2) is 8.30. The zero-order chi connectivity index (χ0) is 19.3. The second-order valence-electron chi connectivity index (χ2n) is 5.97. The summed E-state index contributed by atoms with van der Waals surface area (Å²) in [5, 5.41) is 2.43. The van der Waals surface area contributed by atoms with Crippen molar-refractivity contribution < 1.29 is 32.2 Å². The molecule has 3 rings (SSSR count). The predicted octanol–water partition coefficient (Wildman–Crippen LogP) is 4.40. The lowest BCUT2D eigenvalue weighted by Gasteiger charge is -2.14. The molecule has 0 spiro atoms. The average molecular weight is 381 g/mol. The number of ether oxygens (including phenoxy) is 3. The lowest BCUT2D eigenvalue weighted by molar-refractivity contribution is -0.274. The average Bonchev–Trinajstić information content (AvgIpc) is 3.14. The maximum Gasteiger partial charge on any atom is 0.573 e. The van der Waals surface area contributed by atoms with E-state index in [1.54, 1.807) is 18.2 Å². The van der Waals surface area contributed by atoms with E-state index < -0.39 is 18.0 Å². The Kier molecular flexibility index (Phi) is 5.85. The van der Waals surface area contributed by atoms with E-state index in [0.717, 1.165) is 25.5 Å². The summed E-state index contributed by atoms with van der Waals surface area (Å²) in [6.45, 7) is 1.10. The molecule has 1 aliphatic rings. The quantitative estimate of drug-likeness (QED) is 0.806. The van der Waals surface area contributed by atoms with Crippen LogP contribution in [0.2, 0.25) is 0 Å². The maximum atomic E-state index is 12.5. The SMILES string of the molecule is O=C(Nc1ccccc1OC(F)(F)F)c1cccc(OCC2CCCO2)c1. The largest absolute Gasteiger partial charge is 0.573 e. The summed E-state index contributed by atoms with van der Waals surface area (Å²) in [5.74, 6) is -0.571. The van der Waals surface area contributed by atoms with Crippen LogP contribution in [-0.2, 0) is 4.74 Å². The first-order valence-corrected chi connectivity index (χ1v) is 8.41. The molecular formula is C19H18F3NO4. The van der Waals surface area contributed by atoms with E-state index in [1.807, 2.05) is 0 Å². The first-order chi connectivity index (χ1) is 12.9. The smallest absolute Gasteiger partial charge is 0.491 e. The van der Waals surface area contributed by atoms with Crippen LogP contribution in [0.3, 0.4) is 0 Å². The molecule has 0 aromatic heterocycles. The number of alkyl halides is 3. The molecule has 2 aromatic rings. The third-order valence-corrected chi connectivity index (χ3v) is 3.92. The molecule has 1 unspecified atom stereocenters. The molecule has 8 heteroatoms. The highest BCUT2D eigenvalue weighted by molar-refractivity contribution is 6.05. The van der Waals surface area contributed by atoms with Crippen LogP contribution in [0, 0.1) is 0 Å². The Balaban J connectivity index is 1.67. The van der Waals surface area contributed by atoms with Crippen LogP contribution in [0.5, 0.6) is 11.5 Å². The van der Waals surface area contributed by atoms with Gasteiger partial charge in [-0.1, -0.05) is 18.2 Å². The van der Waals surface area contributed by atoms with Crippen LogP contribution in [0.1, 0.15) is 23.2 Å². The molecule has 1 atom stereocenters. The number of amides is 1. The molecule has 0 bridgehead atoms. The highest BCUT2D eigenvalue weighted by Gasteiger charge is 2.32. The van der Waals surface area contributed by atoms with Gasteiger partial charge in [0, 0.05) is 12.2 Å². The number of anilines is 1. The number of carbonyl (C=O) groups excluding carboxylic acids is 1. The molecule has 1 aliphatic heterocycles. The van der Waals surface area contributed by atoms with E-state index >= 15 is 0 Å². The molecule has 144 valence electrons. The summed E-state index contributed by atoms with van der Waals surface area (Å²) >= 11 is 0. The molecule has 0 aliphatic carbocycles. The molecule has 0 saturated carbocycles. The van der Waals surface area contributed by atoms with Gasteiger partial charge in [-0.25, -0.2) is 0 Å². The monoisotopic (exact) mass is 381 g/mol. The lowest BCUT2D eigenvalue weighted by atomic mass is 10.2. The minimum Gasteiger partial charge on any atom is -0.491 e. The van der Waals surface area contributed by atoms with Gasteiger partial charge < -0.3 is 19.5 Å². The van der Waals surface area contributed by atoms with Gasteiger partial charge in [0.1, 0.15) is 12.4 Å². The zero-order valence-corrected chi connectivity index (χ0v) is 14.3. The Morgan fingerprint density at radius 1 is 1.19 bits per heavy atom. The van der Waals surface area contributed by atoms with Gasteiger partial charge >= 0.3 is 6.36 Å². The van der Waals surface area contributed by atoms with Crippen LogP contribution in [-0.4, -0.2) is 31.6 Å². The van der Waals surface area contributed by atoms with Crippen molar-refractivity contribution in [1.82, 2.24) is 0 Å². The van der Waals surface area contributed by atoms with Crippen molar-refractivity contribution in [2.45, 2.75) is 25.3 Å². The highest BCUT2D eigenvalue weighted by atomic mass is 19.4. The van der Waals surface area contributed by atoms with Crippen molar-refractivity contribution in [3.8, 4) is 11.5 Å². The van der Waals surface area contributed by atoms with Gasteiger partial charge in [-0.15, -0.1) is 13.2 Å². The third kappa shape index (κ3) is 5.62. The van der Waals surface area contributed by atoms with E-state index in [9.17, 15) is 18.0 Å². The summed E-state index contributed by atoms with van der Waals surface area (Å²) in [4.78, 5) is 12.4. The van der Waals surface area contributed by atoms with E-state index in [-0.39, 0.29) is 17.4 Å². The van der Waals surface area contributed by atoms with Crippen molar-refractivity contribution in [2.24, 2.45) is 0 Å². The third-order valence-electron chi connectivity index (χ3n) is 3.92. The van der Waals surface area contributed by atoms with Crippen molar-refractivity contribution in [2.75, 3.05) is 18.5 Å². The Bertz CT molecular complexity index is 789. The molecule has 0 radical (unpaired) electrons. The van der Waals surface area contributed by atoms with Crippen LogP contribution >= 0.6 is 0 Å². The van der Waals surface area contributed by atoms with E-state index in [4.69, 9.17) is 9.47 Å². The first-order valence-electron chi connectivity index (χ1n) is 8.41. The predicted molar refractivity (Wildman–Crippen MR) is 92.0 cm³/mol. The summed E-state index contributed by atoms with van der Waals surface area (Å²) < 4.78 is 52.5. The molecule has 1 fully saturated rings. The first kappa shape index (κ1) is 19.0. The normalized spacial score (nSPS) is 16.8. The van der Waals surface area contributed by atoms with E-state index in [1.165, 1.54) is 24.3 Å². The van der Waals surface area contributed by atoms with Crippen molar-refractivity contribution in [1.29, 1.82) is 0 Å². The Labute approximate surface area is 154 Å². The second-order valence-corrected chi connectivity index (χ2v) is 5.97. The highest BCUT2D eigenvalue weighted by Crippen LogP contribution is 2.30. The summed E-state index contributed by atoms with van der Waals surface area (Å²) in [6, 6.07) is 11.8. The van der Waals surface area contributed by atoms with Gasteiger partial charge in [-0.2, -0.15) is 0 Å². The van der Waals surface area contributed by atoms with Gasteiger partial charge in [-0.05, 0) is 43.2 Å². The Morgan fingerprint density at radius 3 is 2.74 bits per heavy atom. The number of benzene rings is 2. The van der Waals surface area contributed by atoms with Gasteiger partial charge in [0.2, 0.25) is 0 Å². The minimum absolute atomic E-state index is 0.0360. The number of hydrogen-bond acceptors (Lipinski definition) is 4. The molecule has 1 saturated heterocycles. The maximum absolute atomic E-state index is 12.5. The van der Waals surface area contributed by atoms with Gasteiger partial charge in [0.15, 0.2) is 5.75 Å². The molecule has 5 nitrogen and oxygen atoms in total. The standard InChI is InChI=1S/C19H18F3NO4/c20-19(21,22)27-17-9-2-1-8-16(17)23-18(24)13-5-3-6-14(11-13)26-12-15-7-4-10-25-15/h1-3,5-6,8-9,11,15H,4,7,10,12H2,(H,23,24). The summed E-state index contributed by atoms with van der Waals surface area (Å²) in [6.07, 6.45) is -2.89. The number of nitrogens with one attached hydrogen (secondary N) is 1. The Hall–Kier alpha value is -2.74. The number of halogens is 3.